The molecule has 4 nitrogen and oxygen atoms in total. The van der Waals surface area contributed by atoms with E-state index in [4.69, 9.17) is 11.6 Å². The standard InChI is InChI=1S/C17H26ClNO3/c1-3-4-5-6-7-8-9-10-11-14(20)13-12-19-16(15(13)18)17(21)22-2/h12,19H,3-11H2,1-2H3. The molecule has 0 radical (unpaired) electrons. The van der Waals surface area contributed by atoms with E-state index in [1.165, 1.54) is 51.8 Å². The van der Waals surface area contributed by atoms with Crippen molar-refractivity contribution >= 4 is 23.4 Å². The fraction of sp³-hybridized carbons (Fsp3) is 0.647. The number of H-pyrrole nitrogens is 1. The van der Waals surface area contributed by atoms with Gasteiger partial charge in [0.05, 0.1) is 17.7 Å². The first-order valence-corrected chi connectivity index (χ1v) is 8.48. The Bertz CT molecular complexity index is 482. The third-order valence-corrected chi connectivity index (χ3v) is 4.16. The van der Waals surface area contributed by atoms with Crippen LogP contribution in [0.3, 0.4) is 0 Å². The number of halogens is 1. The minimum Gasteiger partial charge on any atom is -0.464 e. The van der Waals surface area contributed by atoms with Gasteiger partial charge in [-0.2, -0.15) is 0 Å². The molecule has 22 heavy (non-hydrogen) atoms. The smallest absolute Gasteiger partial charge is 0.356 e. The average molecular weight is 328 g/mol. The van der Waals surface area contributed by atoms with Crippen molar-refractivity contribution in [3.05, 3.63) is 22.5 Å². The van der Waals surface area contributed by atoms with Crippen molar-refractivity contribution in [1.82, 2.24) is 4.98 Å². The Morgan fingerprint density at radius 3 is 2.27 bits per heavy atom. The number of rotatable bonds is 11. The van der Waals surface area contributed by atoms with E-state index >= 15 is 0 Å². The summed E-state index contributed by atoms with van der Waals surface area (Å²) in [6.45, 7) is 2.21. The number of carbonyl (C=O) groups excluding carboxylic acids is 2. The highest BCUT2D eigenvalue weighted by Crippen LogP contribution is 2.23. The fourth-order valence-corrected chi connectivity index (χ4v) is 2.70. The molecule has 0 amide bonds. The third kappa shape index (κ3) is 5.84. The predicted molar refractivity (Wildman–Crippen MR) is 88.7 cm³/mol. The van der Waals surface area contributed by atoms with Gasteiger partial charge in [0, 0.05) is 12.6 Å². The van der Waals surface area contributed by atoms with Crippen LogP contribution in [-0.4, -0.2) is 23.8 Å². The SMILES string of the molecule is CCCCCCCCCCC(=O)c1c[nH]c(C(=O)OC)c1Cl. The zero-order chi connectivity index (χ0) is 16.4. The maximum Gasteiger partial charge on any atom is 0.356 e. The molecular weight excluding hydrogens is 302 g/mol. The van der Waals surface area contributed by atoms with Gasteiger partial charge in [0.1, 0.15) is 5.69 Å². The predicted octanol–water partition coefficient (Wildman–Crippen LogP) is 5.17. The maximum atomic E-state index is 12.1. The number of hydrogen-bond donors (Lipinski definition) is 1. The van der Waals surface area contributed by atoms with Gasteiger partial charge in [-0.3, -0.25) is 4.79 Å². The molecule has 0 unspecified atom stereocenters. The lowest BCUT2D eigenvalue weighted by molar-refractivity contribution is 0.0595. The van der Waals surface area contributed by atoms with E-state index in [1.54, 1.807) is 0 Å². The lowest BCUT2D eigenvalue weighted by Gasteiger charge is -2.02. The molecule has 0 aliphatic carbocycles. The van der Waals surface area contributed by atoms with Crippen LogP contribution in [0.4, 0.5) is 0 Å². The molecule has 1 aromatic rings. The second kappa shape index (κ2) is 10.4. The Balaban J connectivity index is 2.28. The van der Waals surface area contributed by atoms with Crippen LogP contribution in [0.2, 0.25) is 5.02 Å². The molecule has 1 rings (SSSR count). The van der Waals surface area contributed by atoms with Crippen molar-refractivity contribution in [3.63, 3.8) is 0 Å². The van der Waals surface area contributed by atoms with Crippen LogP contribution in [0.1, 0.15) is 85.6 Å². The van der Waals surface area contributed by atoms with Gasteiger partial charge in [-0.1, -0.05) is 63.5 Å². The molecule has 0 aliphatic rings. The van der Waals surface area contributed by atoms with Crippen molar-refractivity contribution in [2.24, 2.45) is 0 Å². The van der Waals surface area contributed by atoms with Gasteiger partial charge < -0.3 is 9.72 Å². The highest BCUT2D eigenvalue weighted by molar-refractivity contribution is 6.36. The Labute approximate surface area is 137 Å². The van der Waals surface area contributed by atoms with Crippen LogP contribution in [0.15, 0.2) is 6.20 Å². The molecule has 1 aromatic heterocycles. The number of hydrogen-bond acceptors (Lipinski definition) is 3. The van der Waals surface area contributed by atoms with Crippen LogP contribution < -0.4 is 0 Å². The minimum absolute atomic E-state index is 0.0256. The molecule has 0 aromatic carbocycles. The van der Waals surface area contributed by atoms with Gasteiger partial charge in [0.2, 0.25) is 0 Å². The van der Waals surface area contributed by atoms with Crippen molar-refractivity contribution in [1.29, 1.82) is 0 Å². The first-order valence-electron chi connectivity index (χ1n) is 8.10. The molecule has 0 saturated carbocycles. The van der Waals surface area contributed by atoms with Crippen LogP contribution in [0, 0.1) is 0 Å². The summed E-state index contributed by atoms with van der Waals surface area (Å²) in [5.41, 5.74) is 0.522. The van der Waals surface area contributed by atoms with Crippen molar-refractivity contribution in [3.8, 4) is 0 Å². The summed E-state index contributed by atoms with van der Waals surface area (Å²) in [5, 5.41) is 0.163. The van der Waals surface area contributed by atoms with Gasteiger partial charge in [0.25, 0.3) is 0 Å². The summed E-state index contributed by atoms with van der Waals surface area (Å²) in [6.07, 6.45) is 11.5. The fourth-order valence-electron chi connectivity index (χ4n) is 2.41. The number of ether oxygens (including phenoxy) is 1. The quantitative estimate of drug-likeness (QED) is 0.346. The summed E-state index contributed by atoms with van der Waals surface area (Å²) in [7, 11) is 1.28. The molecular formula is C17H26ClNO3. The van der Waals surface area contributed by atoms with Gasteiger partial charge >= 0.3 is 5.97 Å². The van der Waals surface area contributed by atoms with Gasteiger partial charge in [-0.25, -0.2) is 4.79 Å². The number of aromatic nitrogens is 1. The van der Waals surface area contributed by atoms with Crippen molar-refractivity contribution in [2.75, 3.05) is 7.11 Å². The lowest BCUT2D eigenvalue weighted by Crippen LogP contribution is -2.03. The molecule has 0 saturated heterocycles. The first kappa shape index (κ1) is 18.8. The van der Waals surface area contributed by atoms with E-state index in [9.17, 15) is 9.59 Å². The number of methoxy groups -OCH3 is 1. The maximum absolute atomic E-state index is 12.1. The van der Waals surface area contributed by atoms with E-state index < -0.39 is 5.97 Å². The van der Waals surface area contributed by atoms with E-state index in [0.29, 0.717) is 12.0 Å². The van der Waals surface area contributed by atoms with E-state index in [2.05, 4.69) is 16.6 Å². The zero-order valence-corrected chi connectivity index (χ0v) is 14.3. The normalized spacial score (nSPS) is 10.7. The van der Waals surface area contributed by atoms with Crippen molar-refractivity contribution < 1.29 is 14.3 Å². The molecule has 5 heteroatoms. The van der Waals surface area contributed by atoms with Crippen LogP contribution in [-0.2, 0) is 4.74 Å². The van der Waals surface area contributed by atoms with Crippen LogP contribution in [0.25, 0.3) is 0 Å². The minimum atomic E-state index is -0.559. The summed E-state index contributed by atoms with van der Waals surface area (Å²) in [4.78, 5) is 26.2. The number of ketones is 1. The number of esters is 1. The molecule has 0 aliphatic heterocycles. The first-order chi connectivity index (χ1) is 10.6. The summed E-state index contributed by atoms with van der Waals surface area (Å²) >= 11 is 6.05. The Morgan fingerprint density at radius 1 is 1.09 bits per heavy atom. The number of unbranched alkanes of at least 4 members (excludes halogenated alkanes) is 7. The van der Waals surface area contributed by atoms with E-state index in [0.717, 1.165) is 12.8 Å². The third-order valence-electron chi connectivity index (χ3n) is 3.76. The van der Waals surface area contributed by atoms with Crippen molar-refractivity contribution in [2.45, 2.75) is 64.7 Å². The summed E-state index contributed by atoms with van der Waals surface area (Å²) < 4.78 is 4.60. The molecule has 0 bridgehead atoms. The molecule has 1 heterocycles. The van der Waals surface area contributed by atoms with Gasteiger partial charge in [-0.05, 0) is 6.42 Å². The molecule has 0 fully saturated rings. The Morgan fingerprint density at radius 2 is 1.68 bits per heavy atom. The molecule has 1 N–H and O–H groups in total. The van der Waals surface area contributed by atoms with E-state index in [-0.39, 0.29) is 16.5 Å². The van der Waals surface area contributed by atoms with Gasteiger partial charge in [-0.15, -0.1) is 0 Å². The summed E-state index contributed by atoms with van der Waals surface area (Å²) in [6, 6.07) is 0. The number of aromatic amines is 1. The highest BCUT2D eigenvalue weighted by Gasteiger charge is 2.20. The van der Waals surface area contributed by atoms with Crippen LogP contribution in [0.5, 0.6) is 0 Å². The Hall–Kier alpha value is -1.29. The van der Waals surface area contributed by atoms with E-state index in [1.807, 2.05) is 0 Å². The van der Waals surface area contributed by atoms with Gasteiger partial charge in [0.15, 0.2) is 5.78 Å². The Kier molecular flexibility index (Phi) is 8.90. The second-order valence-corrected chi connectivity index (χ2v) is 5.91. The lowest BCUT2D eigenvalue weighted by atomic mass is 10.0. The molecule has 124 valence electrons. The number of carbonyl (C=O) groups is 2. The highest BCUT2D eigenvalue weighted by atomic mass is 35.5. The average Bonchev–Trinajstić information content (AvgIpc) is 2.90. The zero-order valence-electron chi connectivity index (χ0n) is 13.5. The number of Topliss-reactive ketones (excluding diaryl/α,β-unsaturated/α-hetero) is 1. The number of nitrogens with one attached hydrogen (secondary N) is 1. The summed E-state index contributed by atoms with van der Waals surface area (Å²) in [5.74, 6) is -0.585. The molecule has 0 atom stereocenters. The molecule has 0 spiro atoms. The topological polar surface area (TPSA) is 59.2 Å². The monoisotopic (exact) mass is 327 g/mol. The van der Waals surface area contributed by atoms with Crippen LogP contribution >= 0.6 is 11.6 Å². The second-order valence-electron chi connectivity index (χ2n) is 5.53. The largest absolute Gasteiger partial charge is 0.464 e.